The number of rotatable bonds is 5. The Bertz CT molecular complexity index is 702. The molecule has 0 spiro atoms. The molecule has 2 rings (SSSR count). The minimum atomic E-state index is -3.92. The molecule has 2 aromatic rings. The van der Waals surface area contributed by atoms with Crippen molar-refractivity contribution in [2.45, 2.75) is 18.5 Å². The zero-order valence-corrected chi connectivity index (χ0v) is 11.5. The lowest BCUT2D eigenvalue weighted by atomic mass is 10.4. The second-order valence-electron chi connectivity index (χ2n) is 3.75. The third kappa shape index (κ3) is 3.00. The number of nitrogens with zero attached hydrogens (tertiary/aromatic N) is 1. The summed E-state index contributed by atoms with van der Waals surface area (Å²) < 4.78 is 26.2. The lowest BCUT2D eigenvalue weighted by Crippen LogP contribution is -2.24. The van der Waals surface area contributed by atoms with E-state index in [-0.39, 0.29) is 12.1 Å². The fraction of sp³-hybridized carbons (Fsp3) is 0.200. The highest BCUT2D eigenvalue weighted by Gasteiger charge is 2.24. The fourth-order valence-corrected chi connectivity index (χ4v) is 3.46. The summed E-state index contributed by atoms with van der Waals surface area (Å²) in [6.45, 7) is 2.03. The number of aryl methyl sites for hydroxylation is 1. The molecule has 0 saturated heterocycles. The van der Waals surface area contributed by atoms with Crippen LogP contribution >= 0.6 is 11.3 Å². The molecule has 0 aliphatic heterocycles. The maximum atomic E-state index is 12.0. The van der Waals surface area contributed by atoms with Crippen LogP contribution in [-0.2, 0) is 16.6 Å². The third-order valence-electron chi connectivity index (χ3n) is 2.34. The van der Waals surface area contributed by atoms with Crippen LogP contribution in [0.4, 0.5) is 0 Å². The van der Waals surface area contributed by atoms with Gasteiger partial charge in [-0.3, -0.25) is 5.10 Å². The summed E-state index contributed by atoms with van der Waals surface area (Å²) in [5, 5.41) is 14.1. The summed E-state index contributed by atoms with van der Waals surface area (Å²) >= 11 is 1.47. The number of sulfonamides is 1. The number of carboxylic acids is 1. The molecular weight excluding hydrogens is 290 g/mol. The van der Waals surface area contributed by atoms with Crippen molar-refractivity contribution in [3.63, 3.8) is 0 Å². The molecule has 0 aliphatic carbocycles. The standard InChI is InChI=1S/C10H11N3O4S2/c1-6-2-3-7(18-6)4-12-19(16,17)9-8(10(14)15)5-11-13-9/h2-3,5,12H,4H2,1H3,(H,11,13)(H,14,15). The Kier molecular flexibility index (Phi) is 3.69. The second-order valence-corrected chi connectivity index (χ2v) is 6.83. The van der Waals surface area contributed by atoms with Crippen LogP contribution in [0.3, 0.4) is 0 Å². The van der Waals surface area contributed by atoms with E-state index in [1.165, 1.54) is 11.3 Å². The summed E-state index contributed by atoms with van der Waals surface area (Å²) in [5.74, 6) is -1.35. The fourth-order valence-electron chi connectivity index (χ4n) is 1.45. The summed E-state index contributed by atoms with van der Waals surface area (Å²) in [7, 11) is -3.92. The van der Waals surface area contributed by atoms with Gasteiger partial charge in [-0.15, -0.1) is 11.3 Å². The Morgan fingerprint density at radius 1 is 1.53 bits per heavy atom. The summed E-state index contributed by atoms with van der Waals surface area (Å²) in [5.41, 5.74) is -0.380. The number of hydrogen-bond donors (Lipinski definition) is 3. The van der Waals surface area contributed by atoms with Crippen molar-refractivity contribution in [3.8, 4) is 0 Å². The number of aromatic carboxylic acids is 1. The van der Waals surface area contributed by atoms with Crippen molar-refractivity contribution in [1.29, 1.82) is 0 Å². The van der Waals surface area contributed by atoms with E-state index in [2.05, 4.69) is 14.9 Å². The number of carboxylic acid groups (broad SMARTS) is 1. The number of thiophene rings is 1. The van der Waals surface area contributed by atoms with Crippen molar-refractivity contribution >= 4 is 27.3 Å². The zero-order valence-electron chi connectivity index (χ0n) is 9.87. The molecule has 9 heteroatoms. The van der Waals surface area contributed by atoms with Crippen LogP contribution < -0.4 is 4.72 Å². The van der Waals surface area contributed by atoms with E-state index in [9.17, 15) is 13.2 Å². The average molecular weight is 301 g/mol. The minimum Gasteiger partial charge on any atom is -0.478 e. The van der Waals surface area contributed by atoms with Crippen molar-refractivity contribution in [2.75, 3.05) is 0 Å². The van der Waals surface area contributed by atoms with Gasteiger partial charge in [0.15, 0.2) is 5.03 Å². The Labute approximate surface area is 113 Å². The van der Waals surface area contributed by atoms with Crippen molar-refractivity contribution in [1.82, 2.24) is 14.9 Å². The van der Waals surface area contributed by atoms with Gasteiger partial charge in [-0.2, -0.15) is 5.10 Å². The highest BCUT2D eigenvalue weighted by Crippen LogP contribution is 2.16. The Hall–Kier alpha value is -1.71. The SMILES string of the molecule is Cc1ccc(CNS(=O)(=O)c2[nH]ncc2C(=O)O)s1. The molecule has 2 heterocycles. The van der Waals surface area contributed by atoms with Gasteiger partial charge in [0.2, 0.25) is 0 Å². The number of H-pyrrole nitrogens is 1. The minimum absolute atomic E-state index is 0.110. The Morgan fingerprint density at radius 2 is 2.26 bits per heavy atom. The third-order valence-corrected chi connectivity index (χ3v) is 4.71. The topological polar surface area (TPSA) is 112 Å². The first-order chi connectivity index (χ1) is 8.90. The molecule has 2 aromatic heterocycles. The van der Waals surface area contributed by atoms with E-state index >= 15 is 0 Å². The van der Waals surface area contributed by atoms with Crippen molar-refractivity contribution < 1.29 is 18.3 Å². The van der Waals surface area contributed by atoms with Gasteiger partial charge in [0.1, 0.15) is 5.56 Å². The zero-order chi connectivity index (χ0) is 14.0. The number of carbonyl (C=O) groups is 1. The van der Waals surface area contributed by atoms with Gasteiger partial charge in [-0.25, -0.2) is 17.9 Å². The lowest BCUT2D eigenvalue weighted by Gasteiger charge is -2.04. The molecule has 0 radical (unpaired) electrons. The molecule has 0 aliphatic rings. The average Bonchev–Trinajstić information content (AvgIpc) is 2.94. The molecule has 0 amide bonds. The molecule has 19 heavy (non-hydrogen) atoms. The van der Waals surface area contributed by atoms with E-state index in [0.29, 0.717) is 0 Å². The smallest absolute Gasteiger partial charge is 0.340 e. The van der Waals surface area contributed by atoms with E-state index < -0.39 is 21.0 Å². The summed E-state index contributed by atoms with van der Waals surface area (Å²) in [4.78, 5) is 12.8. The number of nitrogens with one attached hydrogen (secondary N) is 2. The van der Waals surface area contributed by atoms with Gasteiger partial charge >= 0.3 is 5.97 Å². The molecule has 3 N–H and O–H groups in total. The molecule has 102 valence electrons. The highest BCUT2D eigenvalue weighted by molar-refractivity contribution is 7.89. The van der Waals surface area contributed by atoms with Gasteiger partial charge in [-0.1, -0.05) is 0 Å². The molecule has 0 saturated carbocycles. The van der Waals surface area contributed by atoms with E-state index in [1.807, 2.05) is 19.1 Å². The van der Waals surface area contributed by atoms with Crippen molar-refractivity contribution in [2.24, 2.45) is 0 Å². The summed E-state index contributed by atoms with van der Waals surface area (Å²) in [6, 6.07) is 3.70. The summed E-state index contributed by atoms with van der Waals surface area (Å²) in [6.07, 6.45) is 0.964. The predicted octanol–water partition coefficient (Wildman–Crippen LogP) is 0.956. The van der Waals surface area contributed by atoms with E-state index in [4.69, 9.17) is 5.11 Å². The van der Waals surface area contributed by atoms with Crippen LogP contribution in [0.25, 0.3) is 0 Å². The normalized spacial score (nSPS) is 11.6. The van der Waals surface area contributed by atoms with E-state index in [1.54, 1.807) is 0 Å². The van der Waals surface area contributed by atoms with Gasteiger partial charge in [0.25, 0.3) is 10.0 Å². The second kappa shape index (κ2) is 5.11. The van der Waals surface area contributed by atoms with Crippen LogP contribution in [0, 0.1) is 6.92 Å². The first-order valence-electron chi connectivity index (χ1n) is 5.22. The first-order valence-corrected chi connectivity index (χ1v) is 7.52. The van der Waals surface area contributed by atoms with Gasteiger partial charge in [0, 0.05) is 16.3 Å². The van der Waals surface area contributed by atoms with Crippen LogP contribution in [0.5, 0.6) is 0 Å². The lowest BCUT2D eigenvalue weighted by molar-refractivity contribution is 0.0692. The largest absolute Gasteiger partial charge is 0.478 e. The first kappa shape index (κ1) is 13.7. The van der Waals surface area contributed by atoms with Gasteiger partial charge in [0.05, 0.1) is 6.20 Å². The van der Waals surface area contributed by atoms with Crippen LogP contribution in [0.15, 0.2) is 23.4 Å². The number of hydrogen-bond acceptors (Lipinski definition) is 5. The predicted molar refractivity (Wildman–Crippen MR) is 68.6 cm³/mol. The van der Waals surface area contributed by atoms with Crippen LogP contribution in [0.1, 0.15) is 20.1 Å². The quantitative estimate of drug-likeness (QED) is 0.761. The van der Waals surface area contributed by atoms with Crippen molar-refractivity contribution in [3.05, 3.63) is 33.6 Å². The Morgan fingerprint density at radius 3 is 2.84 bits per heavy atom. The molecular formula is C10H11N3O4S2. The molecule has 0 aromatic carbocycles. The maximum absolute atomic E-state index is 12.0. The van der Waals surface area contributed by atoms with Gasteiger partial charge in [-0.05, 0) is 19.1 Å². The molecule has 7 nitrogen and oxygen atoms in total. The molecule has 0 atom stereocenters. The van der Waals surface area contributed by atoms with E-state index in [0.717, 1.165) is 16.0 Å². The maximum Gasteiger partial charge on any atom is 0.340 e. The monoisotopic (exact) mass is 301 g/mol. The molecule has 0 fully saturated rings. The number of aromatic amines is 1. The van der Waals surface area contributed by atoms with Crippen LogP contribution in [0.2, 0.25) is 0 Å². The molecule has 0 bridgehead atoms. The highest BCUT2D eigenvalue weighted by atomic mass is 32.2. The Balaban J connectivity index is 2.18. The molecule has 0 unspecified atom stereocenters. The number of aromatic nitrogens is 2. The van der Waals surface area contributed by atoms with Crippen LogP contribution in [-0.4, -0.2) is 29.7 Å². The van der Waals surface area contributed by atoms with Gasteiger partial charge < -0.3 is 5.11 Å².